The van der Waals surface area contributed by atoms with E-state index in [0.717, 1.165) is 54.3 Å². The van der Waals surface area contributed by atoms with E-state index in [1.807, 2.05) is 33.2 Å². The van der Waals surface area contributed by atoms with E-state index in [9.17, 15) is 4.79 Å². The molecule has 4 rings (SSSR count). The molecule has 0 aliphatic carbocycles. The monoisotopic (exact) mass is 400 g/mol. The lowest BCUT2D eigenvalue weighted by Gasteiger charge is -2.28. The lowest BCUT2D eigenvalue weighted by Crippen LogP contribution is -2.33. The molecular weight excluding hydrogens is 376 g/mol. The van der Waals surface area contributed by atoms with Crippen molar-refractivity contribution in [3.05, 3.63) is 56.4 Å². The zero-order chi connectivity index (χ0) is 19.8. The number of aryl methyl sites for hydroxylation is 2. The molecule has 1 atom stereocenters. The Kier molecular flexibility index (Phi) is 5.07. The maximum Gasteiger partial charge on any atom is 0.255 e. The van der Waals surface area contributed by atoms with Gasteiger partial charge >= 0.3 is 0 Å². The Balaban J connectivity index is 1.48. The fraction of sp³-hybridized carbons (Fsp3) is 0.450. The van der Waals surface area contributed by atoms with Crippen molar-refractivity contribution < 1.29 is 13.8 Å². The van der Waals surface area contributed by atoms with E-state index in [2.05, 4.69) is 15.2 Å². The highest BCUT2D eigenvalue weighted by Gasteiger charge is 2.28. The SMILES string of the molecule is Cc1noc(C)c1CN1CCc2c(C(=O)N(C)[C@H](C)c3ccon3)csc2C1. The molecule has 7 nitrogen and oxygen atoms in total. The standard InChI is InChI=1S/C20H24N4O3S/c1-12-16(14(3)27-21-12)9-24-7-5-15-17(11-28-19(15)10-24)20(25)23(4)13(2)18-6-8-26-22-18/h6,8,11,13H,5,7,9-10H2,1-4H3/t13-/m1/s1. The Morgan fingerprint density at radius 1 is 1.39 bits per heavy atom. The number of thiophene rings is 1. The van der Waals surface area contributed by atoms with E-state index in [1.54, 1.807) is 22.3 Å². The molecular formula is C20H24N4O3S. The minimum atomic E-state index is -0.138. The Morgan fingerprint density at radius 2 is 2.21 bits per heavy atom. The second kappa shape index (κ2) is 7.52. The van der Waals surface area contributed by atoms with Gasteiger partial charge in [0.05, 0.1) is 17.3 Å². The first kappa shape index (κ1) is 18.9. The van der Waals surface area contributed by atoms with Gasteiger partial charge in [0.2, 0.25) is 0 Å². The molecule has 8 heteroatoms. The fourth-order valence-corrected chi connectivity index (χ4v) is 4.76. The van der Waals surface area contributed by atoms with Crippen LogP contribution < -0.4 is 0 Å². The van der Waals surface area contributed by atoms with Crippen molar-refractivity contribution in [1.82, 2.24) is 20.1 Å². The summed E-state index contributed by atoms with van der Waals surface area (Å²) in [6, 6.07) is 1.66. The molecule has 148 valence electrons. The number of amides is 1. The topological polar surface area (TPSA) is 75.6 Å². The summed E-state index contributed by atoms with van der Waals surface area (Å²) in [7, 11) is 1.82. The van der Waals surface area contributed by atoms with Gasteiger partial charge in [-0.2, -0.15) is 0 Å². The normalized spacial score (nSPS) is 15.4. The Bertz CT molecular complexity index is 956. The molecule has 1 aliphatic heterocycles. The molecule has 0 saturated heterocycles. The van der Waals surface area contributed by atoms with Gasteiger partial charge in [-0.1, -0.05) is 10.3 Å². The molecule has 4 heterocycles. The van der Waals surface area contributed by atoms with Gasteiger partial charge in [-0.05, 0) is 32.8 Å². The largest absolute Gasteiger partial charge is 0.364 e. The van der Waals surface area contributed by atoms with Gasteiger partial charge in [0.15, 0.2) is 0 Å². The van der Waals surface area contributed by atoms with Gasteiger partial charge in [-0.15, -0.1) is 11.3 Å². The number of carbonyl (C=O) groups is 1. The maximum absolute atomic E-state index is 13.1. The quantitative estimate of drug-likeness (QED) is 0.650. The predicted octanol–water partition coefficient (Wildman–Crippen LogP) is 3.73. The first-order valence-corrected chi connectivity index (χ1v) is 10.2. The van der Waals surface area contributed by atoms with Crippen LogP contribution in [0.5, 0.6) is 0 Å². The second-order valence-electron chi connectivity index (χ2n) is 7.33. The molecule has 0 N–H and O–H groups in total. The number of fused-ring (bicyclic) bond motifs is 1. The molecule has 0 unspecified atom stereocenters. The van der Waals surface area contributed by atoms with Gasteiger partial charge in [0, 0.05) is 48.6 Å². The van der Waals surface area contributed by atoms with Crippen molar-refractivity contribution in [1.29, 1.82) is 0 Å². The summed E-state index contributed by atoms with van der Waals surface area (Å²) in [4.78, 5) is 18.5. The van der Waals surface area contributed by atoms with E-state index in [0.29, 0.717) is 0 Å². The van der Waals surface area contributed by atoms with Crippen molar-refractivity contribution >= 4 is 17.2 Å². The molecule has 0 aromatic carbocycles. The molecule has 0 saturated carbocycles. The summed E-state index contributed by atoms with van der Waals surface area (Å²) < 4.78 is 10.2. The third kappa shape index (κ3) is 3.38. The van der Waals surface area contributed by atoms with E-state index in [-0.39, 0.29) is 11.9 Å². The van der Waals surface area contributed by atoms with Crippen molar-refractivity contribution in [3.8, 4) is 0 Å². The third-order valence-corrected chi connectivity index (χ3v) is 6.62. The lowest BCUT2D eigenvalue weighted by molar-refractivity contribution is 0.0736. The van der Waals surface area contributed by atoms with E-state index in [1.165, 1.54) is 16.7 Å². The number of nitrogens with zero attached hydrogens (tertiary/aromatic N) is 4. The van der Waals surface area contributed by atoms with Crippen molar-refractivity contribution in [2.24, 2.45) is 0 Å². The summed E-state index contributed by atoms with van der Waals surface area (Å²) in [6.45, 7) is 8.48. The van der Waals surface area contributed by atoms with Gasteiger partial charge in [-0.25, -0.2) is 0 Å². The van der Waals surface area contributed by atoms with Gasteiger partial charge in [0.1, 0.15) is 17.7 Å². The van der Waals surface area contributed by atoms with Crippen LogP contribution in [-0.4, -0.2) is 39.6 Å². The number of rotatable bonds is 5. The van der Waals surface area contributed by atoms with E-state index < -0.39 is 0 Å². The number of hydrogen-bond donors (Lipinski definition) is 0. The number of carbonyl (C=O) groups excluding carboxylic acids is 1. The average Bonchev–Trinajstić information content (AvgIpc) is 3.43. The smallest absolute Gasteiger partial charge is 0.255 e. The molecule has 28 heavy (non-hydrogen) atoms. The van der Waals surface area contributed by atoms with Crippen molar-refractivity contribution in [2.75, 3.05) is 13.6 Å². The zero-order valence-electron chi connectivity index (χ0n) is 16.6. The Morgan fingerprint density at radius 3 is 2.89 bits per heavy atom. The maximum atomic E-state index is 13.1. The fourth-order valence-electron chi connectivity index (χ4n) is 3.65. The summed E-state index contributed by atoms with van der Waals surface area (Å²) >= 11 is 1.67. The van der Waals surface area contributed by atoms with E-state index in [4.69, 9.17) is 9.05 Å². The first-order valence-electron chi connectivity index (χ1n) is 9.36. The van der Waals surface area contributed by atoms with Crippen LogP contribution in [0.1, 0.15) is 56.5 Å². The molecule has 3 aromatic heterocycles. The predicted molar refractivity (Wildman–Crippen MR) is 105 cm³/mol. The molecule has 1 amide bonds. The van der Waals surface area contributed by atoms with Crippen LogP contribution in [0.15, 0.2) is 26.8 Å². The van der Waals surface area contributed by atoms with Gasteiger partial charge in [0.25, 0.3) is 5.91 Å². The van der Waals surface area contributed by atoms with Gasteiger partial charge in [-0.3, -0.25) is 9.69 Å². The minimum Gasteiger partial charge on any atom is -0.364 e. The van der Waals surface area contributed by atoms with Crippen LogP contribution in [0.25, 0.3) is 0 Å². The molecule has 3 aromatic rings. The summed E-state index contributed by atoms with van der Waals surface area (Å²) in [5, 5.41) is 10.0. The average molecular weight is 401 g/mol. The Hall–Kier alpha value is -2.45. The summed E-state index contributed by atoms with van der Waals surface area (Å²) in [5.74, 6) is 0.918. The minimum absolute atomic E-state index is 0.0344. The lowest BCUT2D eigenvalue weighted by atomic mass is 10.0. The Labute approximate surface area is 167 Å². The molecule has 0 bridgehead atoms. The van der Waals surface area contributed by atoms with Crippen molar-refractivity contribution in [2.45, 2.75) is 46.3 Å². The number of hydrogen-bond acceptors (Lipinski definition) is 7. The first-order chi connectivity index (χ1) is 13.5. The van der Waals surface area contributed by atoms with Gasteiger partial charge < -0.3 is 13.9 Å². The third-order valence-electron chi connectivity index (χ3n) is 5.61. The van der Waals surface area contributed by atoms with E-state index >= 15 is 0 Å². The molecule has 0 radical (unpaired) electrons. The highest BCUT2D eigenvalue weighted by Crippen LogP contribution is 2.32. The van der Waals surface area contributed by atoms with Crippen LogP contribution >= 0.6 is 11.3 Å². The molecule has 0 spiro atoms. The molecule has 1 aliphatic rings. The highest BCUT2D eigenvalue weighted by atomic mass is 32.1. The number of aromatic nitrogens is 2. The van der Waals surface area contributed by atoms with Crippen LogP contribution in [0, 0.1) is 13.8 Å². The van der Waals surface area contributed by atoms with Crippen LogP contribution in [0.4, 0.5) is 0 Å². The zero-order valence-corrected chi connectivity index (χ0v) is 17.4. The highest BCUT2D eigenvalue weighted by molar-refractivity contribution is 7.10. The van der Waals surface area contributed by atoms with Crippen molar-refractivity contribution in [3.63, 3.8) is 0 Å². The molecule has 0 fully saturated rings. The van der Waals surface area contributed by atoms with Crippen LogP contribution in [-0.2, 0) is 19.5 Å². The summed E-state index contributed by atoms with van der Waals surface area (Å²) in [5.41, 5.74) is 4.87. The summed E-state index contributed by atoms with van der Waals surface area (Å²) in [6.07, 6.45) is 2.40. The van der Waals surface area contributed by atoms with Crippen LogP contribution in [0.2, 0.25) is 0 Å². The second-order valence-corrected chi connectivity index (χ2v) is 8.30. The van der Waals surface area contributed by atoms with Crippen LogP contribution in [0.3, 0.4) is 0 Å².